The number of rotatable bonds is 6. The number of benzene rings is 3. The van der Waals surface area contributed by atoms with Crippen molar-refractivity contribution in [1.82, 2.24) is 0 Å². The molecule has 0 saturated heterocycles. The first-order valence-electron chi connectivity index (χ1n) is 11.5. The van der Waals surface area contributed by atoms with Crippen LogP contribution >= 0.6 is 0 Å². The number of nitrogens with zero attached hydrogens (tertiary/aromatic N) is 1. The third-order valence-electron chi connectivity index (χ3n) is 6.77. The Kier molecular flexibility index (Phi) is 5.67. The van der Waals surface area contributed by atoms with Gasteiger partial charge in [-0.15, -0.1) is 0 Å². The number of sulfonamides is 1. The van der Waals surface area contributed by atoms with Crippen LogP contribution in [0, 0.1) is 5.41 Å². The number of anilines is 5. The Morgan fingerprint density at radius 2 is 1.68 bits per heavy atom. The van der Waals surface area contributed by atoms with Crippen LogP contribution < -0.4 is 26.0 Å². The zero-order valence-electron chi connectivity index (χ0n) is 20.2. The van der Waals surface area contributed by atoms with E-state index in [0.717, 1.165) is 11.8 Å². The third-order valence-corrected chi connectivity index (χ3v) is 7.96. The van der Waals surface area contributed by atoms with Gasteiger partial charge in [0.1, 0.15) is 5.41 Å². The summed E-state index contributed by atoms with van der Waals surface area (Å²) in [4.78, 5) is 37.3. The normalized spacial score (nSPS) is 15.2. The van der Waals surface area contributed by atoms with Gasteiger partial charge in [-0.25, -0.2) is 8.42 Å². The third kappa shape index (κ3) is 4.38. The quantitative estimate of drug-likeness (QED) is 0.367. The lowest BCUT2D eigenvalue weighted by atomic mass is 10.0. The van der Waals surface area contributed by atoms with Gasteiger partial charge in [0.15, 0.2) is 0 Å². The van der Waals surface area contributed by atoms with Crippen molar-refractivity contribution in [3.8, 4) is 11.1 Å². The van der Waals surface area contributed by atoms with Gasteiger partial charge in [-0.3, -0.25) is 18.7 Å². The van der Waals surface area contributed by atoms with Crippen LogP contribution in [-0.4, -0.2) is 39.4 Å². The molecular formula is C26H25N5O5S. The number of para-hydroxylation sites is 1. The van der Waals surface area contributed by atoms with E-state index in [9.17, 15) is 22.8 Å². The Morgan fingerprint density at radius 1 is 0.946 bits per heavy atom. The predicted molar refractivity (Wildman–Crippen MR) is 142 cm³/mol. The second kappa shape index (κ2) is 8.63. The summed E-state index contributed by atoms with van der Waals surface area (Å²) in [5.41, 5.74) is 8.53. The maximum atomic E-state index is 13.0. The van der Waals surface area contributed by atoms with E-state index in [1.54, 1.807) is 48.5 Å². The Morgan fingerprint density at radius 3 is 2.35 bits per heavy atom. The molecule has 1 aliphatic carbocycles. The van der Waals surface area contributed by atoms with Crippen molar-refractivity contribution < 1.29 is 22.8 Å². The second-order valence-corrected chi connectivity index (χ2v) is 11.3. The molecule has 3 amide bonds. The van der Waals surface area contributed by atoms with Crippen molar-refractivity contribution in [2.24, 2.45) is 11.1 Å². The first-order chi connectivity index (χ1) is 17.5. The summed E-state index contributed by atoms with van der Waals surface area (Å²) in [6, 6.07) is 17.3. The monoisotopic (exact) mass is 519 g/mol. The molecule has 1 saturated carbocycles. The molecule has 0 radical (unpaired) electrons. The van der Waals surface area contributed by atoms with Crippen LogP contribution in [0.2, 0.25) is 0 Å². The molecule has 0 unspecified atom stereocenters. The molecule has 1 aliphatic heterocycles. The van der Waals surface area contributed by atoms with Crippen molar-refractivity contribution >= 4 is 56.2 Å². The highest BCUT2D eigenvalue weighted by atomic mass is 32.2. The zero-order chi connectivity index (χ0) is 26.5. The van der Waals surface area contributed by atoms with Crippen molar-refractivity contribution in [2.45, 2.75) is 12.8 Å². The predicted octanol–water partition coefficient (Wildman–Crippen LogP) is 3.26. The van der Waals surface area contributed by atoms with E-state index < -0.39 is 27.3 Å². The number of hydrogen-bond acceptors (Lipinski definition) is 6. The number of amides is 3. The summed E-state index contributed by atoms with van der Waals surface area (Å²) in [5, 5.41) is 8.83. The van der Waals surface area contributed by atoms with Crippen LogP contribution in [0.25, 0.3) is 11.1 Å². The van der Waals surface area contributed by atoms with Gasteiger partial charge in [0.25, 0.3) is 5.91 Å². The van der Waals surface area contributed by atoms with Crippen LogP contribution in [0.15, 0.2) is 60.7 Å². The van der Waals surface area contributed by atoms with E-state index in [1.807, 2.05) is 12.1 Å². The first kappa shape index (κ1) is 24.3. The molecule has 5 rings (SSSR count). The molecule has 3 aromatic rings. The summed E-state index contributed by atoms with van der Waals surface area (Å²) >= 11 is 0. The molecule has 11 heteroatoms. The van der Waals surface area contributed by atoms with E-state index in [4.69, 9.17) is 5.73 Å². The summed E-state index contributed by atoms with van der Waals surface area (Å²) in [7, 11) is -1.99. The van der Waals surface area contributed by atoms with E-state index >= 15 is 0 Å². The minimum Gasteiger partial charge on any atom is -0.369 e. The molecule has 5 N–H and O–H groups in total. The number of fused-ring (bicyclic) bond motifs is 2. The fourth-order valence-electron chi connectivity index (χ4n) is 4.31. The number of nitrogens with two attached hydrogens (primary N) is 1. The molecular weight excluding hydrogens is 494 g/mol. The number of primary amides is 1. The van der Waals surface area contributed by atoms with Crippen LogP contribution in [0.3, 0.4) is 0 Å². The Hall–Kier alpha value is -4.38. The Balaban J connectivity index is 1.47. The van der Waals surface area contributed by atoms with E-state index in [2.05, 4.69) is 16.0 Å². The minimum atomic E-state index is -3.48. The molecule has 37 heavy (non-hydrogen) atoms. The highest BCUT2D eigenvalue weighted by Gasteiger charge is 2.55. The molecule has 3 aromatic carbocycles. The van der Waals surface area contributed by atoms with Gasteiger partial charge in [0, 0.05) is 18.3 Å². The minimum absolute atomic E-state index is 0.353. The highest BCUT2D eigenvalue weighted by Crippen LogP contribution is 2.46. The van der Waals surface area contributed by atoms with E-state index in [1.165, 1.54) is 11.4 Å². The van der Waals surface area contributed by atoms with Gasteiger partial charge < -0.3 is 21.7 Å². The second-order valence-electron chi connectivity index (χ2n) is 9.25. The number of carbonyl (C=O) groups excluding carboxylic acids is 3. The summed E-state index contributed by atoms with van der Waals surface area (Å²) < 4.78 is 25.6. The number of hydrogen-bond donors (Lipinski definition) is 4. The Bertz CT molecular complexity index is 1580. The van der Waals surface area contributed by atoms with Gasteiger partial charge in [-0.05, 0) is 54.8 Å². The molecule has 0 atom stereocenters. The van der Waals surface area contributed by atoms with Crippen LogP contribution in [0.1, 0.15) is 23.2 Å². The van der Waals surface area contributed by atoms with Gasteiger partial charge in [0.05, 0.1) is 34.6 Å². The van der Waals surface area contributed by atoms with E-state index in [0.29, 0.717) is 52.4 Å². The lowest BCUT2D eigenvalue weighted by Gasteiger charge is -2.21. The lowest BCUT2D eigenvalue weighted by Crippen LogP contribution is -2.36. The molecule has 0 aromatic heterocycles. The maximum absolute atomic E-state index is 13.0. The lowest BCUT2D eigenvalue weighted by molar-refractivity contribution is -0.132. The standard InChI is InChI=1S/C26H25N5O5S/c1-31(37(2,35)36)22-6-4-3-5-17(22)15-7-9-18-20(13-15)29-19-10-8-16(14-21(19)30-23(18)32)28-25(34)26(11-12-26)24(27)33/h3-10,13-14,29H,11-12H2,1-2H3,(H2,27,33)(H,28,34)(H,30,32). The summed E-state index contributed by atoms with van der Waals surface area (Å²) in [6.45, 7) is 0. The largest absolute Gasteiger partial charge is 0.369 e. The van der Waals surface area contributed by atoms with Gasteiger partial charge in [-0.2, -0.15) is 0 Å². The van der Waals surface area contributed by atoms with Crippen LogP contribution in [-0.2, 0) is 19.6 Å². The average Bonchev–Trinajstić information content (AvgIpc) is 3.68. The van der Waals surface area contributed by atoms with Crippen molar-refractivity contribution in [2.75, 3.05) is 33.6 Å². The van der Waals surface area contributed by atoms with Gasteiger partial charge in [0.2, 0.25) is 21.8 Å². The first-order valence-corrected chi connectivity index (χ1v) is 13.4. The molecule has 1 fully saturated rings. The van der Waals surface area contributed by atoms with Gasteiger partial charge >= 0.3 is 0 Å². The number of carbonyl (C=O) groups is 3. The SMILES string of the molecule is CN(c1ccccc1-c1ccc2c(c1)Nc1ccc(NC(=O)C3(C(N)=O)CC3)cc1NC2=O)S(C)(=O)=O. The fourth-order valence-corrected chi connectivity index (χ4v) is 4.83. The number of nitrogens with one attached hydrogen (secondary N) is 3. The molecule has 2 aliphatic rings. The van der Waals surface area contributed by atoms with Crippen molar-refractivity contribution in [3.05, 3.63) is 66.2 Å². The molecule has 10 nitrogen and oxygen atoms in total. The van der Waals surface area contributed by atoms with Crippen molar-refractivity contribution in [3.63, 3.8) is 0 Å². The average molecular weight is 520 g/mol. The van der Waals surface area contributed by atoms with Crippen LogP contribution in [0.5, 0.6) is 0 Å². The zero-order valence-corrected chi connectivity index (χ0v) is 21.0. The van der Waals surface area contributed by atoms with Gasteiger partial charge in [-0.1, -0.05) is 24.3 Å². The smallest absolute Gasteiger partial charge is 0.257 e. The molecule has 1 heterocycles. The maximum Gasteiger partial charge on any atom is 0.257 e. The van der Waals surface area contributed by atoms with E-state index in [-0.39, 0.29) is 5.91 Å². The molecule has 190 valence electrons. The summed E-state index contributed by atoms with van der Waals surface area (Å²) in [5.74, 6) is -1.46. The Labute approximate surface area is 213 Å². The molecule has 0 spiro atoms. The topological polar surface area (TPSA) is 151 Å². The van der Waals surface area contributed by atoms with Crippen molar-refractivity contribution in [1.29, 1.82) is 0 Å². The molecule has 0 bridgehead atoms. The fraction of sp³-hybridized carbons (Fsp3) is 0.192. The summed E-state index contributed by atoms with van der Waals surface area (Å²) in [6.07, 6.45) is 1.97. The highest BCUT2D eigenvalue weighted by molar-refractivity contribution is 7.92. The van der Waals surface area contributed by atoms with Crippen LogP contribution in [0.4, 0.5) is 28.4 Å².